The highest BCUT2D eigenvalue weighted by Gasteiger charge is 2.54. The number of nitrogens with one attached hydrogen (secondary N) is 4. The fourth-order valence-electron chi connectivity index (χ4n) is 5.06. The van der Waals surface area contributed by atoms with Crippen LogP contribution < -0.4 is 30.7 Å². The van der Waals surface area contributed by atoms with E-state index in [1.54, 1.807) is 14.2 Å². The number of halogens is 1. The minimum absolute atomic E-state index is 0.318. The van der Waals surface area contributed by atoms with E-state index in [2.05, 4.69) is 74.5 Å². The van der Waals surface area contributed by atoms with Crippen LogP contribution in [-0.2, 0) is 19.3 Å². The van der Waals surface area contributed by atoms with Crippen LogP contribution >= 0.6 is 15.9 Å². The maximum Gasteiger partial charge on any atom is 0.161 e. The minimum Gasteiger partial charge on any atom is -0.493 e. The summed E-state index contributed by atoms with van der Waals surface area (Å²) in [5, 5.41) is 15.3. The molecule has 2 aromatic rings. The Morgan fingerprint density at radius 3 is 1.77 bits per heavy atom. The molecule has 0 saturated carbocycles. The van der Waals surface area contributed by atoms with Crippen molar-refractivity contribution >= 4 is 15.9 Å². The van der Waals surface area contributed by atoms with E-state index in [-0.39, 0.29) is 11.3 Å². The molecule has 0 aromatic heterocycles. The molecule has 0 amide bonds. The Morgan fingerprint density at radius 1 is 0.774 bits per heavy atom. The van der Waals surface area contributed by atoms with E-state index in [9.17, 15) is 0 Å². The molecule has 4 rings (SSSR count). The van der Waals surface area contributed by atoms with Gasteiger partial charge in [-0.15, -0.1) is 0 Å². The minimum atomic E-state index is -0.355. The summed E-state index contributed by atoms with van der Waals surface area (Å²) in [7, 11) is 3.35. The van der Waals surface area contributed by atoms with E-state index in [1.807, 2.05) is 6.07 Å². The summed E-state index contributed by atoms with van der Waals surface area (Å²) in [6, 6.07) is 12.8. The van der Waals surface area contributed by atoms with Gasteiger partial charge in [-0.25, -0.2) is 0 Å². The molecule has 31 heavy (non-hydrogen) atoms. The average molecular weight is 489 g/mol. The number of rotatable bonds is 8. The van der Waals surface area contributed by atoms with E-state index < -0.39 is 0 Å². The fourth-order valence-corrected chi connectivity index (χ4v) is 5.52. The molecule has 0 aliphatic carbocycles. The van der Waals surface area contributed by atoms with Gasteiger partial charge in [0.15, 0.2) is 11.5 Å². The molecular weight excluding hydrogens is 456 g/mol. The zero-order chi connectivity index (χ0) is 21.9. The van der Waals surface area contributed by atoms with E-state index in [0.717, 1.165) is 61.4 Å². The SMILES string of the molecule is CCc1ccccc1CC1(C2(Cc3cc(OC)c(OC)cc3Br)NCCN2)NCCN1. The van der Waals surface area contributed by atoms with Crippen LogP contribution in [0.5, 0.6) is 11.5 Å². The summed E-state index contributed by atoms with van der Waals surface area (Å²) in [5.41, 5.74) is 3.28. The number of benzene rings is 2. The van der Waals surface area contributed by atoms with Crippen molar-refractivity contribution < 1.29 is 9.47 Å². The molecule has 2 heterocycles. The molecule has 0 bridgehead atoms. The predicted molar refractivity (Wildman–Crippen MR) is 128 cm³/mol. The molecule has 0 unspecified atom stereocenters. The zero-order valence-corrected chi connectivity index (χ0v) is 20.2. The molecular formula is C24H33BrN4O2. The molecule has 168 valence electrons. The van der Waals surface area contributed by atoms with E-state index in [1.165, 1.54) is 16.7 Å². The second-order valence-electron chi connectivity index (χ2n) is 8.29. The van der Waals surface area contributed by atoms with Gasteiger partial charge >= 0.3 is 0 Å². The number of methoxy groups -OCH3 is 2. The van der Waals surface area contributed by atoms with E-state index in [0.29, 0.717) is 0 Å². The van der Waals surface area contributed by atoms with Gasteiger partial charge in [0.05, 0.1) is 14.2 Å². The molecule has 6 nitrogen and oxygen atoms in total. The second kappa shape index (κ2) is 9.46. The number of ether oxygens (including phenoxy) is 2. The molecule has 7 heteroatoms. The summed E-state index contributed by atoms with van der Waals surface area (Å²) in [6.07, 6.45) is 2.70. The summed E-state index contributed by atoms with van der Waals surface area (Å²) in [5.74, 6) is 1.47. The van der Waals surface area contributed by atoms with Crippen LogP contribution in [0.3, 0.4) is 0 Å². The van der Waals surface area contributed by atoms with Gasteiger partial charge in [-0.1, -0.05) is 47.1 Å². The third-order valence-electron chi connectivity index (χ3n) is 6.65. The predicted octanol–water partition coefficient (Wildman–Crippen LogP) is 2.59. The van der Waals surface area contributed by atoms with Crippen LogP contribution in [0.15, 0.2) is 40.9 Å². The van der Waals surface area contributed by atoms with E-state index in [4.69, 9.17) is 9.47 Å². The molecule has 0 atom stereocenters. The maximum absolute atomic E-state index is 5.59. The third-order valence-corrected chi connectivity index (χ3v) is 7.39. The van der Waals surface area contributed by atoms with E-state index >= 15 is 0 Å². The molecule has 2 fully saturated rings. The molecule has 2 aromatic carbocycles. The lowest BCUT2D eigenvalue weighted by Gasteiger charge is -2.48. The van der Waals surface area contributed by atoms with Crippen molar-refractivity contribution in [1.29, 1.82) is 0 Å². The Morgan fingerprint density at radius 2 is 1.26 bits per heavy atom. The van der Waals surface area contributed by atoms with Gasteiger partial charge in [0.25, 0.3) is 0 Å². The number of hydrogen-bond donors (Lipinski definition) is 4. The Kier molecular flexibility index (Phi) is 6.89. The van der Waals surface area contributed by atoms with Gasteiger partial charge in [-0.05, 0) is 35.2 Å². The van der Waals surface area contributed by atoms with Gasteiger partial charge < -0.3 is 9.47 Å². The molecule has 0 spiro atoms. The first kappa shape index (κ1) is 22.6. The normalized spacial score (nSPS) is 19.5. The third kappa shape index (κ3) is 4.22. The Balaban J connectivity index is 1.74. The highest BCUT2D eigenvalue weighted by Crippen LogP contribution is 2.37. The van der Waals surface area contributed by atoms with Crippen LogP contribution in [0.4, 0.5) is 0 Å². The van der Waals surface area contributed by atoms with Crippen molar-refractivity contribution in [2.75, 3.05) is 40.4 Å². The topological polar surface area (TPSA) is 66.6 Å². The van der Waals surface area contributed by atoms with Crippen LogP contribution in [-0.4, -0.2) is 51.7 Å². The summed E-state index contributed by atoms with van der Waals surface area (Å²) < 4.78 is 12.1. The van der Waals surface area contributed by atoms with Crippen molar-refractivity contribution in [3.8, 4) is 11.5 Å². The Hall–Kier alpha value is -1.64. The smallest absolute Gasteiger partial charge is 0.161 e. The Bertz CT molecular complexity index is 908. The summed E-state index contributed by atoms with van der Waals surface area (Å²) >= 11 is 3.77. The molecule has 0 radical (unpaired) electrons. The van der Waals surface area contributed by atoms with Crippen molar-refractivity contribution in [2.45, 2.75) is 37.5 Å². The molecule has 2 saturated heterocycles. The standard InChI is InChI=1S/C24H33BrN4O2/c1-4-17-7-5-6-8-18(17)15-23(26-9-10-27-23)24(28-11-12-29-24)16-19-13-21(30-2)22(31-3)14-20(19)25/h5-8,13-14,26-29H,4,9-12,15-16H2,1-3H3. The van der Waals surface area contributed by atoms with Gasteiger partial charge in [-0.3, -0.25) is 21.3 Å². The monoisotopic (exact) mass is 488 g/mol. The highest BCUT2D eigenvalue weighted by atomic mass is 79.9. The lowest BCUT2D eigenvalue weighted by atomic mass is 9.81. The summed E-state index contributed by atoms with van der Waals surface area (Å²) in [4.78, 5) is 0. The van der Waals surface area contributed by atoms with Gasteiger partial charge in [0.1, 0.15) is 11.3 Å². The lowest BCUT2D eigenvalue weighted by Crippen LogP contribution is -2.77. The average Bonchev–Trinajstić information content (AvgIpc) is 3.46. The maximum atomic E-state index is 5.59. The van der Waals surface area contributed by atoms with Crippen LogP contribution in [0.25, 0.3) is 0 Å². The fraction of sp³-hybridized carbons (Fsp3) is 0.500. The van der Waals surface area contributed by atoms with Crippen LogP contribution in [0, 0.1) is 0 Å². The quantitative estimate of drug-likeness (QED) is 0.457. The van der Waals surface area contributed by atoms with Crippen molar-refractivity contribution in [2.24, 2.45) is 0 Å². The molecule has 2 aliphatic rings. The van der Waals surface area contributed by atoms with Crippen molar-refractivity contribution in [3.05, 3.63) is 57.6 Å². The first-order valence-electron chi connectivity index (χ1n) is 11.0. The van der Waals surface area contributed by atoms with Gasteiger partial charge in [0.2, 0.25) is 0 Å². The van der Waals surface area contributed by atoms with Gasteiger partial charge in [-0.2, -0.15) is 0 Å². The number of aryl methyl sites for hydroxylation is 1. The first-order valence-corrected chi connectivity index (χ1v) is 11.8. The Labute approximate surface area is 193 Å². The molecule has 2 aliphatic heterocycles. The first-order chi connectivity index (χ1) is 15.1. The van der Waals surface area contributed by atoms with Gasteiger partial charge in [0, 0.05) is 43.5 Å². The van der Waals surface area contributed by atoms with Crippen molar-refractivity contribution in [1.82, 2.24) is 21.3 Å². The van der Waals surface area contributed by atoms with Crippen molar-refractivity contribution in [3.63, 3.8) is 0 Å². The second-order valence-corrected chi connectivity index (χ2v) is 9.15. The lowest BCUT2D eigenvalue weighted by molar-refractivity contribution is 0.117. The highest BCUT2D eigenvalue weighted by molar-refractivity contribution is 9.10. The number of hydrogen-bond acceptors (Lipinski definition) is 6. The van der Waals surface area contributed by atoms with Crippen LogP contribution in [0.2, 0.25) is 0 Å². The van der Waals surface area contributed by atoms with Crippen LogP contribution in [0.1, 0.15) is 23.6 Å². The zero-order valence-electron chi connectivity index (χ0n) is 18.6. The largest absolute Gasteiger partial charge is 0.493 e. The summed E-state index contributed by atoms with van der Waals surface area (Å²) in [6.45, 7) is 5.94. The molecule has 4 N–H and O–H groups in total.